The molecule has 8 heavy (non-hydrogen) atoms. The lowest BCUT2D eigenvalue weighted by atomic mass is 10.2. The minimum Gasteiger partial charge on any atom is -0.298 e. The summed E-state index contributed by atoms with van der Waals surface area (Å²) in [6.07, 6.45) is 2.01. The van der Waals surface area contributed by atoms with Gasteiger partial charge in [-0.15, -0.1) is 0 Å². The predicted octanol–water partition coefficient (Wildman–Crippen LogP) is 0.488. The third-order valence-electron chi connectivity index (χ3n) is 1.70. The Bertz CT molecular complexity index is 120. The summed E-state index contributed by atoms with van der Waals surface area (Å²) in [4.78, 5) is 10.7. The Balaban J connectivity index is 2.53. The zero-order valence-electron chi connectivity index (χ0n) is 4.90. The van der Waals surface area contributed by atoms with Crippen LogP contribution in [0.1, 0.15) is 19.8 Å². The van der Waals surface area contributed by atoms with Crippen LogP contribution in [-0.4, -0.2) is 11.3 Å². The molecule has 1 saturated carbocycles. The topological polar surface area (TPSA) is 29.1 Å². The van der Waals surface area contributed by atoms with Crippen molar-refractivity contribution in [2.45, 2.75) is 25.3 Å². The largest absolute Gasteiger partial charge is 0.298 e. The lowest BCUT2D eigenvalue weighted by molar-refractivity contribution is -0.119. The van der Waals surface area contributed by atoms with E-state index in [4.69, 9.17) is 0 Å². The Kier molecular flexibility index (Phi) is 1.38. The molecule has 1 aliphatic carbocycles. The van der Waals surface area contributed by atoms with Crippen LogP contribution in [0.5, 0.6) is 0 Å². The molecule has 0 radical (unpaired) electrons. The smallest absolute Gasteiger partial charge is 0.150 e. The average Bonchev–Trinajstić information content (AvgIpc) is 2.44. The molecule has 46 valence electrons. The lowest BCUT2D eigenvalue weighted by Gasteiger charge is -2.06. The van der Waals surface area contributed by atoms with Gasteiger partial charge in [0.1, 0.15) is 5.78 Å². The molecule has 0 aromatic heterocycles. The molecule has 1 rings (SSSR count). The number of rotatable bonds is 2. The quantitative estimate of drug-likeness (QED) is 0.552. The number of ketones is 1. The average molecular weight is 131 g/mol. The molecule has 0 amide bonds. The normalized spacial score (nSPS) is 22.8. The van der Waals surface area contributed by atoms with Gasteiger partial charge in [0.15, 0.2) is 0 Å². The van der Waals surface area contributed by atoms with Gasteiger partial charge >= 0.3 is 0 Å². The van der Waals surface area contributed by atoms with Crippen LogP contribution in [0.15, 0.2) is 0 Å². The first-order chi connectivity index (χ1) is 3.71. The van der Waals surface area contributed by atoms with Gasteiger partial charge in [0.05, 0.1) is 5.54 Å². The van der Waals surface area contributed by atoms with Gasteiger partial charge in [0.25, 0.3) is 0 Å². The van der Waals surface area contributed by atoms with Crippen LogP contribution >= 0.6 is 9.39 Å². The van der Waals surface area contributed by atoms with Gasteiger partial charge in [-0.05, 0) is 19.8 Å². The van der Waals surface area contributed by atoms with Crippen LogP contribution < -0.4 is 5.09 Å². The fraction of sp³-hybridized carbons (Fsp3) is 0.800. The van der Waals surface area contributed by atoms with E-state index in [9.17, 15) is 4.79 Å². The molecule has 3 heteroatoms. The fourth-order valence-corrected chi connectivity index (χ4v) is 1.21. The molecule has 0 aliphatic heterocycles. The third-order valence-corrected chi connectivity index (χ3v) is 2.25. The SMILES string of the molecule is CC(=O)C1(NP)CC1. The van der Waals surface area contributed by atoms with Crippen LogP contribution in [0.25, 0.3) is 0 Å². The Morgan fingerprint density at radius 1 is 1.75 bits per heavy atom. The van der Waals surface area contributed by atoms with E-state index < -0.39 is 0 Å². The summed E-state index contributed by atoms with van der Waals surface area (Å²) in [5, 5.41) is 2.92. The summed E-state index contributed by atoms with van der Waals surface area (Å²) in [5.74, 6) is 0.257. The van der Waals surface area contributed by atoms with E-state index in [0.29, 0.717) is 0 Å². The van der Waals surface area contributed by atoms with E-state index in [1.54, 1.807) is 6.92 Å². The Morgan fingerprint density at radius 3 is 2.25 bits per heavy atom. The van der Waals surface area contributed by atoms with Gasteiger partial charge < -0.3 is 0 Å². The zero-order valence-corrected chi connectivity index (χ0v) is 6.05. The number of carbonyl (C=O) groups is 1. The Hall–Kier alpha value is 0.0600. The number of hydrogen-bond acceptors (Lipinski definition) is 2. The van der Waals surface area contributed by atoms with Gasteiger partial charge in [0.2, 0.25) is 0 Å². The van der Waals surface area contributed by atoms with Gasteiger partial charge in [-0.3, -0.25) is 9.88 Å². The molecular formula is C5H10NOP. The summed E-state index contributed by atoms with van der Waals surface area (Å²) in [5.41, 5.74) is -0.134. The van der Waals surface area contributed by atoms with Gasteiger partial charge in [-0.2, -0.15) is 0 Å². The van der Waals surface area contributed by atoms with Gasteiger partial charge in [-0.25, -0.2) is 0 Å². The second kappa shape index (κ2) is 1.78. The summed E-state index contributed by atoms with van der Waals surface area (Å²) >= 11 is 0. The molecule has 0 aromatic rings. The van der Waals surface area contributed by atoms with Crippen molar-refractivity contribution in [2.24, 2.45) is 0 Å². The monoisotopic (exact) mass is 131 g/mol. The summed E-state index contributed by atoms with van der Waals surface area (Å²) < 4.78 is 0. The van der Waals surface area contributed by atoms with Crippen LogP contribution in [-0.2, 0) is 4.79 Å². The fourth-order valence-electron chi connectivity index (χ4n) is 0.723. The highest BCUT2D eigenvalue weighted by Gasteiger charge is 2.45. The Morgan fingerprint density at radius 2 is 2.25 bits per heavy atom. The molecule has 0 saturated heterocycles. The summed E-state index contributed by atoms with van der Waals surface area (Å²) in [6.45, 7) is 1.63. The number of hydrogen-bond donors (Lipinski definition) is 1. The highest BCUT2D eigenvalue weighted by molar-refractivity contribution is 7.13. The maximum atomic E-state index is 10.7. The van der Waals surface area contributed by atoms with E-state index in [-0.39, 0.29) is 11.3 Å². The van der Waals surface area contributed by atoms with E-state index in [2.05, 4.69) is 14.5 Å². The molecule has 2 nitrogen and oxygen atoms in total. The van der Waals surface area contributed by atoms with Crippen LogP contribution in [0.4, 0.5) is 0 Å². The lowest BCUT2D eigenvalue weighted by Crippen LogP contribution is -2.30. The van der Waals surface area contributed by atoms with Crippen molar-refractivity contribution in [3.05, 3.63) is 0 Å². The highest BCUT2D eigenvalue weighted by atomic mass is 31.0. The zero-order chi connectivity index (χ0) is 6.20. The Labute approximate surface area is 51.3 Å². The first kappa shape index (κ1) is 6.18. The van der Waals surface area contributed by atoms with Crippen molar-refractivity contribution in [3.8, 4) is 0 Å². The first-order valence-corrected chi connectivity index (χ1v) is 3.28. The maximum absolute atomic E-state index is 10.7. The van der Waals surface area contributed by atoms with Gasteiger partial charge in [0, 0.05) is 0 Å². The van der Waals surface area contributed by atoms with Crippen LogP contribution in [0.3, 0.4) is 0 Å². The molecule has 1 N–H and O–H groups in total. The molecule has 0 spiro atoms. The maximum Gasteiger partial charge on any atom is 0.150 e. The molecule has 0 heterocycles. The van der Waals surface area contributed by atoms with E-state index in [0.717, 1.165) is 12.8 Å². The summed E-state index contributed by atoms with van der Waals surface area (Å²) in [6, 6.07) is 0. The van der Waals surface area contributed by atoms with Crippen molar-refractivity contribution in [2.75, 3.05) is 0 Å². The molecule has 1 fully saturated rings. The van der Waals surface area contributed by atoms with E-state index >= 15 is 0 Å². The van der Waals surface area contributed by atoms with Crippen molar-refractivity contribution >= 4 is 15.2 Å². The second-order valence-corrected chi connectivity index (χ2v) is 2.57. The van der Waals surface area contributed by atoms with Gasteiger partial charge in [-0.1, -0.05) is 9.39 Å². The van der Waals surface area contributed by atoms with Crippen molar-refractivity contribution < 1.29 is 4.79 Å². The van der Waals surface area contributed by atoms with Crippen molar-refractivity contribution in [3.63, 3.8) is 0 Å². The first-order valence-electron chi connectivity index (χ1n) is 2.70. The molecular weight excluding hydrogens is 121 g/mol. The van der Waals surface area contributed by atoms with Crippen LogP contribution in [0.2, 0.25) is 0 Å². The second-order valence-electron chi connectivity index (χ2n) is 2.28. The van der Waals surface area contributed by atoms with E-state index in [1.165, 1.54) is 0 Å². The molecule has 0 bridgehead atoms. The van der Waals surface area contributed by atoms with Crippen LogP contribution in [0, 0.1) is 0 Å². The molecule has 1 atom stereocenters. The number of nitrogens with one attached hydrogen (secondary N) is 1. The number of carbonyl (C=O) groups excluding carboxylic acids is 1. The predicted molar refractivity (Wildman–Crippen MR) is 35.5 cm³/mol. The minimum absolute atomic E-state index is 0.134. The highest BCUT2D eigenvalue weighted by Crippen LogP contribution is 2.36. The summed E-state index contributed by atoms with van der Waals surface area (Å²) in [7, 11) is 2.38. The minimum atomic E-state index is -0.134. The molecule has 1 unspecified atom stereocenters. The number of Topliss-reactive ketones (excluding diaryl/α,β-unsaturated/α-hetero) is 1. The van der Waals surface area contributed by atoms with E-state index in [1.807, 2.05) is 0 Å². The van der Waals surface area contributed by atoms with Crippen molar-refractivity contribution in [1.82, 2.24) is 5.09 Å². The standard InChI is InChI=1S/C5H10NOP/c1-4(7)5(6-8)2-3-5/h6H,2-3,8H2,1H3. The molecule has 0 aromatic carbocycles. The third kappa shape index (κ3) is 0.785. The molecule has 1 aliphatic rings. The van der Waals surface area contributed by atoms with Crippen molar-refractivity contribution in [1.29, 1.82) is 0 Å².